The van der Waals surface area contributed by atoms with E-state index in [1.807, 2.05) is 0 Å². The molecule has 12 heavy (non-hydrogen) atoms. The second-order valence-corrected chi connectivity index (χ2v) is 4.04. The monoisotopic (exact) mass is 355 g/mol. The predicted molar refractivity (Wildman–Crippen MR) is 75.6 cm³/mol. The van der Waals surface area contributed by atoms with Gasteiger partial charge < -0.3 is 9.02 Å². The average Bonchev–Trinajstić information content (AvgIpc) is 1.72. The van der Waals surface area contributed by atoms with E-state index in [1.54, 1.807) is 0 Å². The van der Waals surface area contributed by atoms with Gasteiger partial charge >= 0.3 is 0 Å². The van der Waals surface area contributed by atoms with Crippen LogP contribution in [0.25, 0.3) is 0 Å². The lowest BCUT2D eigenvalue weighted by molar-refractivity contribution is 1.69. The predicted octanol–water partition coefficient (Wildman–Crippen LogP) is 4.04. The van der Waals surface area contributed by atoms with Gasteiger partial charge in [-0.25, -0.2) is 0 Å². The first kappa shape index (κ1) is 36.9. The maximum Gasteiger partial charge on any atom is 0.138 e. The first-order valence-corrected chi connectivity index (χ1v) is 4.19. The Morgan fingerprint density at radius 2 is 1.42 bits per heavy atom. The summed E-state index contributed by atoms with van der Waals surface area (Å²) < 4.78 is 10.0. The molecule has 3 nitrogen and oxygen atoms in total. The summed E-state index contributed by atoms with van der Waals surface area (Å²) in [6, 6.07) is 0. The van der Waals surface area contributed by atoms with Crippen molar-refractivity contribution in [3.63, 3.8) is 0 Å². The molecule has 2 atom stereocenters. The minimum atomic E-state index is 0. The third-order valence-electron chi connectivity index (χ3n) is 0.324. The standard InChI is InChI=1S/6ClH.H4N3P3/c;;;;;;1-4-2-6-3-5-1/h6*1H;1,4-5H,(H,2,3). The van der Waals surface area contributed by atoms with Gasteiger partial charge in [-0.1, -0.05) is 0 Å². The van der Waals surface area contributed by atoms with Gasteiger partial charge in [0.15, 0.2) is 0 Å². The Hall–Kier alpha value is 2.04. The van der Waals surface area contributed by atoms with E-state index >= 15 is 0 Å². The Morgan fingerprint density at radius 3 is 1.50 bits per heavy atom. The summed E-state index contributed by atoms with van der Waals surface area (Å²) >= 11 is 0. The van der Waals surface area contributed by atoms with E-state index in [9.17, 15) is 0 Å². The molecule has 0 aliphatic heterocycles. The molecule has 0 radical (unpaired) electrons. The fourth-order valence-electron chi connectivity index (χ4n) is 0.156. The summed E-state index contributed by atoms with van der Waals surface area (Å²) in [4.78, 5) is 0. The van der Waals surface area contributed by atoms with E-state index in [2.05, 4.69) is 13.5 Å². The molecule has 0 amide bonds. The van der Waals surface area contributed by atoms with E-state index < -0.39 is 0 Å². The Kier molecular flexibility index (Phi) is 90.0. The average molecular weight is 358 g/mol. The Bertz CT molecular complexity index is 90.0. The van der Waals surface area contributed by atoms with Crippen molar-refractivity contribution in [3.8, 4) is 0 Å². The highest BCUT2D eigenvalue weighted by Crippen LogP contribution is 2.01. The second-order valence-electron chi connectivity index (χ2n) is 0.674. The number of aromatic nitrogens is 3. The lowest BCUT2D eigenvalue weighted by Gasteiger charge is -1.75. The molecule has 0 fully saturated rings. The maximum atomic E-state index is 3.96. The summed E-state index contributed by atoms with van der Waals surface area (Å²) in [6.45, 7) is 0. The smallest absolute Gasteiger partial charge is 0.138 e. The van der Waals surface area contributed by atoms with Crippen molar-refractivity contribution in [3.05, 3.63) is 0 Å². The minimum Gasteiger partial charge on any atom is -0.313 e. The zero-order valence-electron chi connectivity index (χ0n) is 5.34. The van der Waals surface area contributed by atoms with Crippen LogP contribution in [0, 0.1) is 0 Å². The Labute approximate surface area is 113 Å². The van der Waals surface area contributed by atoms with E-state index in [4.69, 9.17) is 0 Å². The molecule has 1 heterocycles. The number of nitrogens with zero attached hydrogens (tertiary/aromatic N) is 1. The van der Waals surface area contributed by atoms with Crippen LogP contribution in [-0.4, -0.2) is 13.5 Å². The number of halogens is 6. The van der Waals surface area contributed by atoms with Crippen LogP contribution in [0.1, 0.15) is 0 Å². The van der Waals surface area contributed by atoms with Gasteiger partial charge in [0.1, 0.15) is 8.51 Å². The second kappa shape index (κ2) is 29.2. The summed E-state index contributed by atoms with van der Waals surface area (Å²) in [6.07, 6.45) is 0. The van der Waals surface area contributed by atoms with Crippen LogP contribution in [0.3, 0.4) is 0 Å². The molecule has 0 saturated heterocycles. The normalized spacial score (nSPS) is 6.00. The molecular weight excluding hydrogens is 348 g/mol. The number of hydrogen-bond acceptors (Lipinski definition) is 1. The van der Waals surface area contributed by atoms with E-state index in [1.165, 1.54) is 0 Å². The third kappa shape index (κ3) is 22.7. The summed E-state index contributed by atoms with van der Waals surface area (Å²) in [5, 5.41) is 0. The van der Waals surface area contributed by atoms with Crippen molar-refractivity contribution in [1.29, 1.82) is 0 Å². The van der Waals surface area contributed by atoms with Crippen LogP contribution in [-0.2, 0) is 0 Å². The van der Waals surface area contributed by atoms with Gasteiger partial charge in [0.25, 0.3) is 0 Å². The Balaban J connectivity index is -0.0000000150. The number of nitrogens with one attached hydrogen (secondary N) is 2. The van der Waals surface area contributed by atoms with Gasteiger partial charge in [-0.3, -0.25) is 0 Å². The van der Waals surface area contributed by atoms with Gasteiger partial charge in [-0.15, -0.1) is 74.4 Å². The minimum absolute atomic E-state index is 0. The molecule has 0 aromatic carbocycles. The number of hydrogen-bond donors (Lipinski definition) is 2. The molecule has 0 aliphatic rings. The van der Waals surface area contributed by atoms with Crippen molar-refractivity contribution >= 4 is 100.0 Å². The number of aromatic amines is 2. The Morgan fingerprint density at radius 1 is 0.917 bits per heavy atom. The zero-order chi connectivity index (χ0) is 4.24. The SMILES string of the molecule is Cl.Cl.Cl.Cl.Cl.Cl.n1p[nH][pH][nH][pH]1. The summed E-state index contributed by atoms with van der Waals surface area (Å²) in [7, 11) is 2.36. The van der Waals surface area contributed by atoms with Crippen LogP contribution in [0.4, 0.5) is 0 Å². The molecule has 1 rings (SSSR count). The molecule has 2 unspecified atom stereocenters. The molecule has 2 N–H and O–H groups in total. The molecule has 12 heteroatoms. The van der Waals surface area contributed by atoms with E-state index in [0.29, 0.717) is 17.0 Å². The van der Waals surface area contributed by atoms with Crippen LogP contribution in [0.2, 0.25) is 0 Å². The van der Waals surface area contributed by atoms with Crippen molar-refractivity contribution in [1.82, 2.24) is 13.5 Å². The van der Waals surface area contributed by atoms with Crippen LogP contribution >= 0.6 is 100.0 Å². The van der Waals surface area contributed by atoms with Crippen LogP contribution in [0.5, 0.6) is 0 Å². The largest absolute Gasteiger partial charge is 0.313 e. The molecule has 0 spiro atoms. The molecule has 1 aromatic rings. The zero-order valence-corrected chi connectivity index (χ0v) is 13.1. The topological polar surface area (TPSA) is 44.5 Å². The summed E-state index contributed by atoms with van der Waals surface area (Å²) in [5.74, 6) is 0. The van der Waals surface area contributed by atoms with Gasteiger partial charge in [0.2, 0.25) is 0 Å². The highest BCUT2D eigenvalue weighted by Gasteiger charge is 1.55. The van der Waals surface area contributed by atoms with Crippen molar-refractivity contribution in [2.24, 2.45) is 0 Å². The van der Waals surface area contributed by atoms with E-state index in [0.717, 1.165) is 8.51 Å². The fraction of sp³-hybridized carbons (Fsp3) is 0. The van der Waals surface area contributed by atoms with Crippen molar-refractivity contribution in [2.75, 3.05) is 0 Å². The first-order valence-electron chi connectivity index (χ1n) is 1.40. The summed E-state index contributed by atoms with van der Waals surface area (Å²) in [5.41, 5.74) is 0. The number of H-pyrrole nitrogens is 2. The first-order chi connectivity index (χ1) is 3.00. The van der Waals surface area contributed by atoms with Crippen LogP contribution < -0.4 is 0 Å². The molecule has 0 aliphatic carbocycles. The van der Waals surface area contributed by atoms with Crippen LogP contribution in [0.15, 0.2) is 0 Å². The molecular formula is H10Cl6N3P3. The van der Waals surface area contributed by atoms with Gasteiger partial charge in [0, 0.05) is 17.0 Å². The van der Waals surface area contributed by atoms with Gasteiger partial charge in [-0.2, -0.15) is 4.51 Å². The van der Waals surface area contributed by atoms with Crippen molar-refractivity contribution in [2.45, 2.75) is 0 Å². The molecule has 0 saturated carbocycles. The fourth-order valence-corrected chi connectivity index (χ4v) is 2.81. The number of rotatable bonds is 0. The molecule has 0 bridgehead atoms. The molecule has 82 valence electrons. The quantitative estimate of drug-likeness (QED) is 0.723. The van der Waals surface area contributed by atoms with Gasteiger partial charge in [0.05, 0.1) is 0 Å². The highest BCUT2D eigenvalue weighted by atomic mass is 35.5. The molecule has 1 aromatic heterocycles. The lowest BCUT2D eigenvalue weighted by Crippen LogP contribution is -1.47. The van der Waals surface area contributed by atoms with Gasteiger partial charge in [-0.05, 0) is 0 Å². The highest BCUT2D eigenvalue weighted by molar-refractivity contribution is 7.43. The van der Waals surface area contributed by atoms with Crippen molar-refractivity contribution < 1.29 is 0 Å². The lowest BCUT2D eigenvalue weighted by atomic mass is 13.9. The van der Waals surface area contributed by atoms with E-state index in [-0.39, 0.29) is 74.4 Å². The third-order valence-corrected chi connectivity index (χ3v) is 2.92. The maximum absolute atomic E-state index is 3.96.